The number of rotatable bonds is 8. The van der Waals surface area contributed by atoms with Crippen LogP contribution in [0.4, 0.5) is 5.69 Å². The van der Waals surface area contributed by atoms with Gasteiger partial charge in [0.25, 0.3) is 11.7 Å². The number of benzene rings is 3. The first kappa shape index (κ1) is 23.1. The third-order valence-electron chi connectivity index (χ3n) is 5.55. The van der Waals surface area contributed by atoms with Crippen molar-refractivity contribution in [2.24, 2.45) is 0 Å². The fourth-order valence-electron chi connectivity index (χ4n) is 4.05. The molecule has 1 amide bonds. The summed E-state index contributed by atoms with van der Waals surface area (Å²) in [5.74, 6) is -0.512. The summed E-state index contributed by atoms with van der Waals surface area (Å²) in [5.41, 5.74) is 1.67. The minimum absolute atomic E-state index is 0.0322. The van der Waals surface area contributed by atoms with Gasteiger partial charge in [-0.15, -0.1) is 0 Å². The zero-order valence-electron chi connectivity index (χ0n) is 19.2. The van der Waals surface area contributed by atoms with Crippen LogP contribution < -0.4 is 14.4 Å². The first-order valence-corrected chi connectivity index (χ1v) is 11.4. The van der Waals surface area contributed by atoms with E-state index < -0.39 is 17.7 Å². The number of hydrogen-bond donors (Lipinski definition) is 1. The Labute approximate surface area is 199 Å². The smallest absolute Gasteiger partial charge is 0.300 e. The van der Waals surface area contributed by atoms with Gasteiger partial charge in [-0.1, -0.05) is 55.5 Å². The molecule has 1 unspecified atom stereocenters. The summed E-state index contributed by atoms with van der Waals surface area (Å²) in [6, 6.07) is 22.4. The summed E-state index contributed by atoms with van der Waals surface area (Å²) in [5, 5.41) is 11.3. The van der Waals surface area contributed by atoms with E-state index in [2.05, 4.69) is 0 Å². The van der Waals surface area contributed by atoms with Gasteiger partial charge < -0.3 is 14.6 Å². The van der Waals surface area contributed by atoms with Crippen molar-refractivity contribution in [3.8, 4) is 11.5 Å². The van der Waals surface area contributed by atoms with E-state index in [1.165, 1.54) is 4.90 Å². The number of hydrogen-bond acceptors (Lipinski definition) is 5. The van der Waals surface area contributed by atoms with Crippen LogP contribution in [-0.2, 0) is 9.59 Å². The second kappa shape index (κ2) is 10.3. The lowest BCUT2D eigenvalue weighted by atomic mass is 9.95. The summed E-state index contributed by atoms with van der Waals surface area (Å²) >= 11 is 0. The van der Waals surface area contributed by atoms with Crippen LogP contribution in [0.2, 0.25) is 0 Å². The first-order valence-electron chi connectivity index (χ1n) is 11.4. The van der Waals surface area contributed by atoms with E-state index in [4.69, 9.17) is 9.47 Å². The number of aliphatic hydroxyl groups is 1. The molecule has 3 aromatic carbocycles. The van der Waals surface area contributed by atoms with Gasteiger partial charge in [0.1, 0.15) is 17.3 Å². The second-order valence-corrected chi connectivity index (χ2v) is 7.89. The number of carbonyl (C=O) groups excluding carboxylic acids is 2. The molecule has 1 saturated heterocycles. The topological polar surface area (TPSA) is 76.1 Å². The summed E-state index contributed by atoms with van der Waals surface area (Å²) in [4.78, 5) is 28.0. The molecule has 1 aliphatic rings. The lowest BCUT2D eigenvalue weighted by Crippen LogP contribution is -2.29. The number of nitrogens with zero attached hydrogens (tertiary/aromatic N) is 1. The average molecular weight is 458 g/mol. The van der Waals surface area contributed by atoms with Crippen molar-refractivity contribution in [3.05, 3.63) is 95.6 Å². The zero-order chi connectivity index (χ0) is 24.1. The molecule has 1 aliphatic heterocycles. The molecule has 1 heterocycles. The first-order chi connectivity index (χ1) is 16.5. The van der Waals surface area contributed by atoms with Gasteiger partial charge in [-0.2, -0.15) is 0 Å². The van der Waals surface area contributed by atoms with Crippen LogP contribution in [0.5, 0.6) is 11.5 Å². The Hall–Kier alpha value is -4.06. The highest BCUT2D eigenvalue weighted by Crippen LogP contribution is 2.43. The molecule has 174 valence electrons. The lowest BCUT2D eigenvalue weighted by Gasteiger charge is -2.25. The number of ketones is 1. The molecule has 1 N–H and O–H groups in total. The number of amides is 1. The van der Waals surface area contributed by atoms with Crippen LogP contribution in [0.15, 0.2) is 84.4 Å². The van der Waals surface area contributed by atoms with Crippen LogP contribution in [0, 0.1) is 0 Å². The average Bonchev–Trinajstić information content (AvgIpc) is 3.13. The van der Waals surface area contributed by atoms with Crippen LogP contribution >= 0.6 is 0 Å². The summed E-state index contributed by atoms with van der Waals surface area (Å²) in [6.07, 6.45) is 0.847. The Balaban J connectivity index is 1.86. The van der Waals surface area contributed by atoms with E-state index in [1.54, 1.807) is 42.5 Å². The van der Waals surface area contributed by atoms with E-state index in [0.717, 1.165) is 6.42 Å². The molecule has 6 nitrogen and oxygen atoms in total. The monoisotopic (exact) mass is 457 g/mol. The van der Waals surface area contributed by atoms with Gasteiger partial charge in [-0.25, -0.2) is 0 Å². The Morgan fingerprint density at radius 2 is 1.59 bits per heavy atom. The summed E-state index contributed by atoms with van der Waals surface area (Å²) in [6.45, 7) is 4.89. The van der Waals surface area contributed by atoms with Gasteiger partial charge in [0.2, 0.25) is 0 Å². The Morgan fingerprint density at radius 3 is 2.29 bits per heavy atom. The molecule has 0 aliphatic carbocycles. The largest absolute Gasteiger partial charge is 0.507 e. The third-order valence-corrected chi connectivity index (χ3v) is 5.55. The lowest BCUT2D eigenvalue weighted by molar-refractivity contribution is -0.132. The molecule has 1 fully saturated rings. The second-order valence-electron chi connectivity index (χ2n) is 7.89. The maximum atomic E-state index is 13.3. The van der Waals surface area contributed by atoms with Crippen molar-refractivity contribution in [1.29, 1.82) is 0 Å². The van der Waals surface area contributed by atoms with E-state index in [0.29, 0.717) is 41.5 Å². The van der Waals surface area contributed by atoms with E-state index in [9.17, 15) is 14.7 Å². The van der Waals surface area contributed by atoms with Crippen molar-refractivity contribution in [1.82, 2.24) is 0 Å². The predicted octanol–water partition coefficient (Wildman–Crippen LogP) is 5.50. The van der Waals surface area contributed by atoms with E-state index in [1.807, 2.05) is 50.2 Å². The third kappa shape index (κ3) is 4.53. The molecule has 6 heteroatoms. The van der Waals surface area contributed by atoms with Crippen molar-refractivity contribution in [3.63, 3.8) is 0 Å². The molecule has 0 spiro atoms. The van der Waals surface area contributed by atoms with Crippen LogP contribution in [0.25, 0.3) is 5.76 Å². The van der Waals surface area contributed by atoms with Gasteiger partial charge in [0.15, 0.2) is 0 Å². The van der Waals surface area contributed by atoms with Crippen LogP contribution in [-0.4, -0.2) is 30.0 Å². The molecule has 3 aromatic rings. The van der Waals surface area contributed by atoms with Crippen molar-refractivity contribution >= 4 is 23.1 Å². The Bertz CT molecular complexity index is 1220. The number of aliphatic hydroxyl groups excluding tert-OH is 1. The number of Topliss-reactive ketones (excluding diaryl/α,β-unsaturated/α-hetero) is 1. The Kier molecular flexibility index (Phi) is 6.97. The SMILES string of the molecule is CCCOc1cccc(N2C(=O)C(=O)/C(=C(/O)c3cccc(OCC)c3)C2c2ccccc2)c1. The fraction of sp³-hybridized carbons (Fsp3) is 0.214. The molecule has 0 saturated carbocycles. The normalized spacial score (nSPS) is 17.1. The molecule has 34 heavy (non-hydrogen) atoms. The van der Waals surface area contributed by atoms with Crippen LogP contribution in [0.3, 0.4) is 0 Å². The van der Waals surface area contributed by atoms with Crippen molar-refractivity contribution < 1.29 is 24.2 Å². The van der Waals surface area contributed by atoms with Gasteiger partial charge in [-0.3, -0.25) is 14.5 Å². The molecule has 0 bridgehead atoms. The number of anilines is 1. The number of ether oxygens (including phenoxy) is 2. The van der Waals surface area contributed by atoms with Gasteiger partial charge >= 0.3 is 0 Å². The van der Waals surface area contributed by atoms with Gasteiger partial charge in [-0.05, 0) is 43.2 Å². The quantitative estimate of drug-likeness (QED) is 0.275. The molecule has 1 atom stereocenters. The van der Waals surface area contributed by atoms with Gasteiger partial charge in [0, 0.05) is 17.3 Å². The molecule has 0 aromatic heterocycles. The summed E-state index contributed by atoms with van der Waals surface area (Å²) in [7, 11) is 0. The standard InChI is InChI=1S/C28H27NO5/c1-3-16-34-23-15-9-13-21(18-23)29-25(19-10-6-5-7-11-19)24(27(31)28(29)32)26(30)20-12-8-14-22(17-20)33-4-2/h5-15,17-18,25,30H,3-4,16H2,1-2H3/b26-24+. The number of carbonyl (C=O) groups is 2. The molecule has 4 rings (SSSR count). The van der Waals surface area contributed by atoms with Gasteiger partial charge in [0.05, 0.1) is 24.8 Å². The summed E-state index contributed by atoms with van der Waals surface area (Å²) < 4.78 is 11.3. The maximum absolute atomic E-state index is 13.3. The zero-order valence-corrected chi connectivity index (χ0v) is 19.2. The molecular weight excluding hydrogens is 430 g/mol. The highest BCUT2D eigenvalue weighted by molar-refractivity contribution is 6.51. The minimum Gasteiger partial charge on any atom is -0.507 e. The highest BCUT2D eigenvalue weighted by atomic mass is 16.5. The fourth-order valence-corrected chi connectivity index (χ4v) is 4.05. The predicted molar refractivity (Wildman–Crippen MR) is 131 cm³/mol. The minimum atomic E-state index is -0.793. The van der Waals surface area contributed by atoms with E-state index in [-0.39, 0.29) is 11.3 Å². The molecular formula is C28H27NO5. The van der Waals surface area contributed by atoms with Crippen molar-refractivity contribution in [2.45, 2.75) is 26.3 Å². The molecule has 0 radical (unpaired) electrons. The van der Waals surface area contributed by atoms with Crippen LogP contribution in [0.1, 0.15) is 37.4 Å². The van der Waals surface area contributed by atoms with Crippen molar-refractivity contribution in [2.75, 3.05) is 18.1 Å². The maximum Gasteiger partial charge on any atom is 0.300 e. The Morgan fingerprint density at radius 1 is 0.882 bits per heavy atom. The van der Waals surface area contributed by atoms with E-state index >= 15 is 0 Å². The highest BCUT2D eigenvalue weighted by Gasteiger charge is 2.47.